The molecular weight excluding hydrogens is 601 g/mol. The molecule has 0 atom stereocenters. The van der Waals surface area contributed by atoms with E-state index in [9.17, 15) is 9.59 Å². The largest absolute Gasteiger partial charge is 0.463 e. The van der Waals surface area contributed by atoms with Crippen molar-refractivity contribution in [1.29, 1.82) is 0 Å². The van der Waals surface area contributed by atoms with Gasteiger partial charge >= 0.3 is 5.97 Å². The first-order chi connectivity index (χ1) is 20.9. The summed E-state index contributed by atoms with van der Waals surface area (Å²) >= 11 is 0. The van der Waals surface area contributed by atoms with Gasteiger partial charge in [-0.1, -0.05) is 83.1 Å². The molecule has 2 aromatic rings. The van der Waals surface area contributed by atoms with Crippen molar-refractivity contribution in [3.63, 3.8) is 0 Å². The molecule has 0 amide bonds. The third kappa shape index (κ3) is 10.4. The molecule has 0 spiro atoms. The highest BCUT2D eigenvalue weighted by atomic mass is 28.4. The van der Waals surface area contributed by atoms with Crippen LogP contribution in [-0.4, -0.2) is 35.5 Å². The molecule has 0 unspecified atom stereocenters. The fourth-order valence-corrected chi connectivity index (χ4v) is 18.1. The minimum atomic E-state index is -1.90. The smallest absolute Gasteiger partial charge is 0.330 e. The number of aryl methyl sites for hydroxylation is 2. The SMILES string of the molecule is CCOC(=O)/C=C/c1cc(CO[Si](C(C)C)(C(C)C)C(C)C)c(C)o1.Cc1oc(C=O)cc1CO[Si](C(C)C)(C(C)C)C(C)C. The van der Waals surface area contributed by atoms with Crippen molar-refractivity contribution in [2.75, 3.05) is 6.61 Å². The zero-order valence-corrected chi connectivity index (χ0v) is 32.8. The Bertz CT molecular complexity index is 1170. The van der Waals surface area contributed by atoms with Crippen LogP contribution in [0, 0.1) is 13.8 Å². The first kappa shape index (κ1) is 40.8. The van der Waals surface area contributed by atoms with E-state index in [0.29, 0.717) is 64.6 Å². The molecule has 0 aliphatic rings. The van der Waals surface area contributed by atoms with Crippen LogP contribution in [0.2, 0.25) is 33.2 Å². The fourth-order valence-electron chi connectivity index (χ4n) is 7.26. The molecule has 2 aromatic heterocycles. The van der Waals surface area contributed by atoms with Crippen molar-refractivity contribution in [3.8, 4) is 0 Å². The number of hydrogen-bond acceptors (Lipinski definition) is 7. The number of carbonyl (C=O) groups excluding carboxylic acids is 2. The highest BCUT2D eigenvalue weighted by molar-refractivity contribution is 6.78. The van der Waals surface area contributed by atoms with Crippen LogP contribution in [-0.2, 0) is 31.6 Å². The van der Waals surface area contributed by atoms with Crippen LogP contribution in [0.1, 0.15) is 129 Å². The maximum Gasteiger partial charge on any atom is 0.330 e. The Hall–Kier alpha value is -2.21. The first-order valence-electron chi connectivity index (χ1n) is 16.7. The van der Waals surface area contributed by atoms with Crippen molar-refractivity contribution in [1.82, 2.24) is 0 Å². The fraction of sp³-hybridized carbons (Fsp3) is 0.667. The third-order valence-electron chi connectivity index (χ3n) is 9.24. The van der Waals surface area contributed by atoms with Gasteiger partial charge in [0.2, 0.25) is 16.6 Å². The molecule has 45 heavy (non-hydrogen) atoms. The molecule has 0 aliphatic carbocycles. The van der Waals surface area contributed by atoms with Crippen LogP contribution in [0.4, 0.5) is 0 Å². The molecule has 2 rings (SSSR count). The van der Waals surface area contributed by atoms with Crippen LogP contribution in [0.15, 0.2) is 27.0 Å². The zero-order chi connectivity index (χ0) is 34.7. The van der Waals surface area contributed by atoms with Gasteiger partial charge < -0.3 is 22.4 Å². The number of rotatable bonds is 16. The molecule has 0 radical (unpaired) electrons. The molecule has 0 bridgehead atoms. The lowest BCUT2D eigenvalue weighted by Gasteiger charge is -2.42. The summed E-state index contributed by atoms with van der Waals surface area (Å²) in [5, 5.41) is 0. The van der Waals surface area contributed by atoms with E-state index in [1.165, 1.54) is 6.08 Å². The van der Waals surface area contributed by atoms with Gasteiger partial charge in [0.05, 0.1) is 19.8 Å². The lowest BCUT2D eigenvalue weighted by molar-refractivity contribution is -0.137. The van der Waals surface area contributed by atoms with E-state index in [1.807, 2.05) is 19.9 Å². The standard InChI is InChI=1S/C20H34O4Si.C16H28O3Si/c1-9-22-20(21)11-10-19-12-18(17(8)24-19)13-23-25(14(2)3,15(4)5)16(6)7;1-11(2)20(12(3)4,13(5)6)18-10-15-8-16(9-17)19-14(15)7/h10-12,14-16H,9,13H2,1-8H3;8-9,11-13H,10H2,1-7H3/b11-10+;. The lowest BCUT2D eigenvalue weighted by atomic mass is 10.2. The Morgan fingerprint density at radius 3 is 1.36 bits per heavy atom. The van der Waals surface area contributed by atoms with Gasteiger partial charge in [-0.3, -0.25) is 4.79 Å². The molecule has 0 aromatic carbocycles. The normalized spacial score (nSPS) is 12.7. The van der Waals surface area contributed by atoms with E-state index in [1.54, 1.807) is 19.1 Å². The van der Waals surface area contributed by atoms with Gasteiger partial charge in [0.1, 0.15) is 17.3 Å². The number of esters is 1. The van der Waals surface area contributed by atoms with Crippen molar-refractivity contribution in [2.24, 2.45) is 0 Å². The minimum absolute atomic E-state index is 0.361. The summed E-state index contributed by atoms with van der Waals surface area (Å²) in [7, 11) is -3.77. The number of hydrogen-bond donors (Lipinski definition) is 0. The quantitative estimate of drug-likeness (QED) is 0.0764. The minimum Gasteiger partial charge on any atom is -0.463 e. The highest BCUT2D eigenvalue weighted by Crippen LogP contribution is 2.44. The number of aldehydes is 1. The summed E-state index contributed by atoms with van der Waals surface area (Å²) in [6, 6.07) is 3.74. The van der Waals surface area contributed by atoms with Gasteiger partial charge in [0.15, 0.2) is 12.0 Å². The molecule has 0 saturated heterocycles. The molecule has 2 heterocycles. The van der Waals surface area contributed by atoms with E-state index in [-0.39, 0.29) is 5.97 Å². The number of furan rings is 2. The maximum absolute atomic E-state index is 11.4. The van der Waals surface area contributed by atoms with E-state index >= 15 is 0 Å². The van der Waals surface area contributed by atoms with Crippen molar-refractivity contribution in [3.05, 3.63) is 52.4 Å². The van der Waals surface area contributed by atoms with Crippen molar-refractivity contribution >= 4 is 35.0 Å². The molecule has 9 heteroatoms. The van der Waals surface area contributed by atoms with Gasteiger partial charge in [0.25, 0.3) is 0 Å². The topological polar surface area (TPSA) is 88.1 Å². The van der Waals surface area contributed by atoms with Crippen LogP contribution >= 0.6 is 0 Å². The summed E-state index contributed by atoms with van der Waals surface area (Å²) in [4.78, 5) is 22.2. The summed E-state index contributed by atoms with van der Waals surface area (Å²) in [5.74, 6) is 2.29. The second-order valence-corrected chi connectivity index (χ2v) is 24.8. The Morgan fingerprint density at radius 1 is 0.689 bits per heavy atom. The van der Waals surface area contributed by atoms with E-state index in [2.05, 4.69) is 83.1 Å². The van der Waals surface area contributed by atoms with Crippen LogP contribution in [0.5, 0.6) is 0 Å². The molecular formula is C36H62O7Si2. The highest BCUT2D eigenvalue weighted by Gasteiger charge is 2.46. The molecule has 0 N–H and O–H groups in total. The van der Waals surface area contributed by atoms with E-state index in [0.717, 1.165) is 28.9 Å². The van der Waals surface area contributed by atoms with E-state index < -0.39 is 16.6 Å². The molecule has 0 aliphatic heterocycles. The molecule has 256 valence electrons. The summed E-state index contributed by atoms with van der Waals surface area (Å²) in [5.41, 5.74) is 5.34. The van der Waals surface area contributed by atoms with Crippen LogP contribution in [0.3, 0.4) is 0 Å². The Labute approximate surface area is 275 Å². The van der Waals surface area contributed by atoms with Gasteiger partial charge in [0, 0.05) is 17.2 Å². The molecule has 7 nitrogen and oxygen atoms in total. The first-order valence-corrected chi connectivity index (χ1v) is 20.9. The monoisotopic (exact) mass is 662 g/mol. The van der Waals surface area contributed by atoms with Gasteiger partial charge in [-0.2, -0.15) is 0 Å². The number of carbonyl (C=O) groups is 2. The Morgan fingerprint density at radius 2 is 1.04 bits per heavy atom. The van der Waals surface area contributed by atoms with E-state index in [4.69, 9.17) is 22.4 Å². The summed E-state index contributed by atoms with van der Waals surface area (Å²) < 4.78 is 29.1. The second-order valence-electron chi connectivity index (χ2n) is 13.9. The van der Waals surface area contributed by atoms with Crippen molar-refractivity contribution < 1.29 is 32.0 Å². The Kier molecular flexibility index (Phi) is 16.5. The van der Waals surface area contributed by atoms with Crippen LogP contribution < -0.4 is 0 Å². The average molecular weight is 663 g/mol. The summed E-state index contributed by atoms with van der Waals surface area (Å²) in [6.07, 6.45) is 3.78. The maximum atomic E-state index is 11.4. The summed E-state index contributed by atoms with van der Waals surface area (Å²) in [6.45, 7) is 34.4. The Balaban J connectivity index is 0.000000461. The molecule has 0 saturated carbocycles. The second kappa shape index (κ2) is 18.2. The predicted molar refractivity (Wildman–Crippen MR) is 190 cm³/mol. The average Bonchev–Trinajstić information content (AvgIpc) is 3.48. The number of ether oxygens (including phenoxy) is 1. The zero-order valence-electron chi connectivity index (χ0n) is 30.8. The van der Waals surface area contributed by atoms with Gasteiger partial charge in [-0.15, -0.1) is 0 Å². The van der Waals surface area contributed by atoms with Gasteiger partial charge in [-0.05, 0) is 72.2 Å². The van der Waals surface area contributed by atoms with Crippen LogP contribution in [0.25, 0.3) is 6.08 Å². The van der Waals surface area contributed by atoms with Gasteiger partial charge in [-0.25, -0.2) is 4.79 Å². The lowest BCUT2D eigenvalue weighted by Crippen LogP contribution is -2.47. The van der Waals surface area contributed by atoms with Crippen molar-refractivity contribution in [2.45, 2.75) is 150 Å². The molecule has 0 fully saturated rings. The predicted octanol–water partition coefficient (Wildman–Crippen LogP) is 10.9. The third-order valence-corrected chi connectivity index (χ3v) is 21.4.